The molecule has 0 saturated heterocycles. The van der Waals surface area contributed by atoms with Gasteiger partial charge in [0.2, 0.25) is 0 Å². The maximum atomic E-state index is 11.9. The van der Waals surface area contributed by atoms with Gasteiger partial charge in [-0.1, -0.05) is 41.9 Å². The van der Waals surface area contributed by atoms with Crippen molar-refractivity contribution in [3.8, 4) is 11.1 Å². The van der Waals surface area contributed by atoms with E-state index in [0.717, 1.165) is 6.07 Å². The molecule has 1 aliphatic rings. The lowest BCUT2D eigenvalue weighted by Crippen LogP contribution is -2.00. The number of hydrogen-bond donors (Lipinski definition) is 0. The van der Waals surface area contributed by atoms with Gasteiger partial charge in [-0.05, 0) is 5.56 Å². The van der Waals surface area contributed by atoms with E-state index in [9.17, 15) is 18.5 Å². The number of sulfonamides is 1. The Kier molecular flexibility index (Phi) is 3.03. The average Bonchev–Trinajstić information content (AvgIpc) is 2.69. The van der Waals surface area contributed by atoms with Crippen molar-refractivity contribution in [3.05, 3.63) is 58.1 Å². The number of benzene rings is 2. The summed E-state index contributed by atoms with van der Waals surface area (Å²) in [5.74, 6) is 0. The first kappa shape index (κ1) is 13.7. The minimum Gasteiger partial charge on any atom is -0.258 e. The Labute approximate surface area is 124 Å². The highest BCUT2D eigenvalue weighted by molar-refractivity contribution is 7.91. The molecule has 0 fully saturated rings. The molecule has 106 valence electrons. The zero-order valence-electron chi connectivity index (χ0n) is 10.4. The van der Waals surface area contributed by atoms with Gasteiger partial charge >= 0.3 is 0 Å². The van der Waals surface area contributed by atoms with E-state index in [2.05, 4.69) is 4.40 Å². The summed E-state index contributed by atoms with van der Waals surface area (Å²) in [5.41, 5.74) is 0.878. The van der Waals surface area contributed by atoms with E-state index in [-0.39, 0.29) is 21.3 Å². The Morgan fingerprint density at radius 3 is 2.43 bits per heavy atom. The van der Waals surface area contributed by atoms with Crippen LogP contribution in [0.1, 0.15) is 5.56 Å². The molecule has 0 aromatic heterocycles. The van der Waals surface area contributed by atoms with Gasteiger partial charge in [0, 0.05) is 23.3 Å². The molecule has 0 spiro atoms. The summed E-state index contributed by atoms with van der Waals surface area (Å²) in [6, 6.07) is 11.0. The molecule has 1 heterocycles. The number of rotatable bonds is 2. The highest BCUT2D eigenvalue weighted by Crippen LogP contribution is 2.38. The summed E-state index contributed by atoms with van der Waals surface area (Å²) in [6.07, 6.45) is 0. The lowest BCUT2D eigenvalue weighted by Gasteiger charge is -2.07. The normalized spacial score (nSPS) is 15.4. The molecule has 8 heteroatoms. The van der Waals surface area contributed by atoms with Crippen molar-refractivity contribution in [1.29, 1.82) is 0 Å². The minimum absolute atomic E-state index is 0.182. The zero-order chi connectivity index (χ0) is 15.2. The van der Waals surface area contributed by atoms with Gasteiger partial charge in [-0.2, -0.15) is 8.42 Å². The Hall–Kier alpha value is -2.25. The zero-order valence-corrected chi connectivity index (χ0v) is 11.9. The lowest BCUT2D eigenvalue weighted by atomic mass is 9.99. The first-order chi connectivity index (χ1) is 9.90. The third kappa shape index (κ3) is 2.20. The molecule has 0 atom stereocenters. The number of fused-ring (bicyclic) bond motifs is 1. The summed E-state index contributed by atoms with van der Waals surface area (Å²) in [5, 5.41) is 10.8. The molecule has 0 unspecified atom stereocenters. The van der Waals surface area contributed by atoms with Crippen LogP contribution < -0.4 is 0 Å². The van der Waals surface area contributed by atoms with Crippen molar-refractivity contribution >= 4 is 32.5 Å². The average molecular weight is 323 g/mol. The van der Waals surface area contributed by atoms with Gasteiger partial charge < -0.3 is 0 Å². The molecule has 21 heavy (non-hydrogen) atoms. The van der Waals surface area contributed by atoms with E-state index in [1.54, 1.807) is 30.3 Å². The first-order valence-corrected chi connectivity index (χ1v) is 7.60. The Morgan fingerprint density at radius 1 is 1.14 bits per heavy atom. The molecule has 0 saturated carbocycles. The summed E-state index contributed by atoms with van der Waals surface area (Å²) < 4.78 is 27.3. The molecule has 0 radical (unpaired) electrons. The Balaban J connectivity index is 2.41. The maximum Gasteiger partial charge on any atom is 0.284 e. The second-order valence-electron chi connectivity index (χ2n) is 4.35. The van der Waals surface area contributed by atoms with Gasteiger partial charge in [-0.3, -0.25) is 10.1 Å². The van der Waals surface area contributed by atoms with Crippen LogP contribution in [0.3, 0.4) is 0 Å². The van der Waals surface area contributed by atoms with Gasteiger partial charge in [-0.25, -0.2) is 0 Å². The molecular formula is C13H7ClN2O4S. The van der Waals surface area contributed by atoms with Gasteiger partial charge in [0.25, 0.3) is 15.7 Å². The molecule has 0 bridgehead atoms. The van der Waals surface area contributed by atoms with Gasteiger partial charge in [0.15, 0.2) is 5.17 Å². The third-order valence-electron chi connectivity index (χ3n) is 3.07. The molecule has 0 aliphatic carbocycles. The molecule has 1 aliphatic heterocycles. The van der Waals surface area contributed by atoms with Crippen LogP contribution in [0.4, 0.5) is 5.69 Å². The van der Waals surface area contributed by atoms with Crippen LogP contribution in [0.2, 0.25) is 0 Å². The van der Waals surface area contributed by atoms with Crippen molar-refractivity contribution in [2.75, 3.05) is 0 Å². The van der Waals surface area contributed by atoms with Crippen LogP contribution >= 0.6 is 11.6 Å². The fourth-order valence-electron chi connectivity index (χ4n) is 2.17. The van der Waals surface area contributed by atoms with E-state index < -0.39 is 14.9 Å². The number of nitrogens with zero attached hydrogens (tertiary/aromatic N) is 2. The van der Waals surface area contributed by atoms with Crippen molar-refractivity contribution < 1.29 is 13.3 Å². The SMILES string of the molecule is O=[N+]([O-])c1cc(-c2ccccc2)c2c(c1)S(=O)(=O)N=C2Cl. The molecule has 3 rings (SSSR count). The van der Waals surface area contributed by atoms with E-state index >= 15 is 0 Å². The topological polar surface area (TPSA) is 89.6 Å². The fourth-order valence-corrected chi connectivity index (χ4v) is 3.84. The van der Waals surface area contributed by atoms with E-state index in [1.807, 2.05) is 0 Å². The Bertz CT molecular complexity index is 892. The monoisotopic (exact) mass is 322 g/mol. The molecule has 0 N–H and O–H groups in total. The Morgan fingerprint density at radius 2 is 1.81 bits per heavy atom. The van der Waals surface area contributed by atoms with Gasteiger partial charge in [0.1, 0.15) is 4.90 Å². The number of hydrogen-bond acceptors (Lipinski definition) is 4. The van der Waals surface area contributed by atoms with E-state index in [0.29, 0.717) is 11.1 Å². The van der Waals surface area contributed by atoms with Crippen molar-refractivity contribution in [3.63, 3.8) is 0 Å². The molecule has 6 nitrogen and oxygen atoms in total. The predicted molar refractivity (Wildman–Crippen MR) is 78.1 cm³/mol. The summed E-state index contributed by atoms with van der Waals surface area (Å²) in [7, 11) is -3.99. The van der Waals surface area contributed by atoms with E-state index in [4.69, 9.17) is 11.6 Å². The minimum atomic E-state index is -3.99. The van der Waals surface area contributed by atoms with Crippen LogP contribution in [-0.2, 0) is 10.0 Å². The smallest absolute Gasteiger partial charge is 0.258 e. The predicted octanol–water partition coefficient (Wildman–Crippen LogP) is 2.95. The number of non-ortho nitro benzene ring substituents is 1. The van der Waals surface area contributed by atoms with Crippen LogP contribution in [0.25, 0.3) is 11.1 Å². The summed E-state index contributed by atoms with van der Waals surface area (Å²) in [6.45, 7) is 0. The van der Waals surface area contributed by atoms with Crippen LogP contribution in [-0.4, -0.2) is 18.5 Å². The third-order valence-corrected chi connectivity index (χ3v) is 4.74. The summed E-state index contributed by atoms with van der Waals surface area (Å²) in [4.78, 5) is 10.1. The van der Waals surface area contributed by atoms with E-state index in [1.165, 1.54) is 6.07 Å². The second-order valence-corrected chi connectivity index (χ2v) is 6.28. The standard InChI is InChI=1S/C13H7ClN2O4S/c14-13-12-10(8-4-2-1-3-5-8)6-9(16(17)18)7-11(12)21(19,20)15-13/h1-7H. The van der Waals surface area contributed by atoms with Crippen molar-refractivity contribution in [1.82, 2.24) is 0 Å². The van der Waals surface area contributed by atoms with Gasteiger partial charge in [-0.15, -0.1) is 4.40 Å². The quantitative estimate of drug-likeness (QED) is 0.628. The van der Waals surface area contributed by atoms with Gasteiger partial charge in [0.05, 0.1) is 4.92 Å². The highest BCUT2D eigenvalue weighted by Gasteiger charge is 2.33. The lowest BCUT2D eigenvalue weighted by molar-refractivity contribution is -0.385. The fraction of sp³-hybridized carbons (Fsp3) is 0. The molecule has 2 aromatic rings. The number of halogens is 1. The molecular weight excluding hydrogens is 316 g/mol. The number of nitro benzene ring substituents is 1. The van der Waals surface area contributed by atoms with Crippen LogP contribution in [0, 0.1) is 10.1 Å². The molecule has 0 amide bonds. The molecule has 2 aromatic carbocycles. The van der Waals surface area contributed by atoms with Crippen molar-refractivity contribution in [2.45, 2.75) is 4.90 Å². The number of nitro groups is 1. The second kappa shape index (κ2) is 4.64. The first-order valence-electron chi connectivity index (χ1n) is 5.79. The maximum absolute atomic E-state index is 11.9. The largest absolute Gasteiger partial charge is 0.284 e. The van der Waals surface area contributed by atoms with Crippen LogP contribution in [0.15, 0.2) is 51.8 Å². The van der Waals surface area contributed by atoms with Crippen molar-refractivity contribution in [2.24, 2.45) is 4.40 Å². The van der Waals surface area contributed by atoms with Crippen LogP contribution in [0.5, 0.6) is 0 Å². The highest BCUT2D eigenvalue weighted by atomic mass is 35.5. The summed E-state index contributed by atoms with van der Waals surface area (Å²) >= 11 is 5.92.